The molecule has 2 unspecified atom stereocenters. The first kappa shape index (κ1) is 18.9. The van der Waals surface area contributed by atoms with Crippen LogP contribution in [0.4, 0.5) is 5.69 Å². The molecule has 6 nitrogen and oxygen atoms in total. The number of thiophene rings is 1. The van der Waals surface area contributed by atoms with Crippen molar-refractivity contribution in [3.8, 4) is 0 Å². The van der Waals surface area contributed by atoms with E-state index < -0.39 is 5.97 Å². The van der Waals surface area contributed by atoms with Gasteiger partial charge in [0.2, 0.25) is 5.91 Å². The number of methoxy groups -OCH3 is 1. The second-order valence-electron chi connectivity index (χ2n) is 5.35. The molecule has 2 atom stereocenters. The second-order valence-corrected chi connectivity index (χ2v) is 6.26. The van der Waals surface area contributed by atoms with Gasteiger partial charge in [-0.25, -0.2) is 4.79 Å². The van der Waals surface area contributed by atoms with Crippen LogP contribution >= 0.6 is 23.7 Å². The van der Waals surface area contributed by atoms with E-state index in [4.69, 9.17) is 5.73 Å². The molecule has 1 fully saturated rings. The quantitative estimate of drug-likeness (QED) is 0.790. The largest absolute Gasteiger partial charge is 0.465 e. The Labute approximate surface area is 140 Å². The van der Waals surface area contributed by atoms with Crippen LogP contribution in [0.3, 0.4) is 0 Å². The summed E-state index contributed by atoms with van der Waals surface area (Å²) in [5.41, 5.74) is 6.41. The van der Waals surface area contributed by atoms with Gasteiger partial charge in [-0.05, 0) is 37.3 Å². The number of halogens is 1. The molecule has 0 aliphatic carbocycles. The molecule has 1 aliphatic heterocycles. The van der Waals surface area contributed by atoms with Crippen LogP contribution in [0.5, 0.6) is 0 Å². The third-order valence-electron chi connectivity index (χ3n) is 3.73. The summed E-state index contributed by atoms with van der Waals surface area (Å²) in [6.07, 6.45) is 1.02. The third kappa shape index (κ3) is 4.67. The lowest BCUT2D eigenvalue weighted by molar-refractivity contribution is -0.117. The van der Waals surface area contributed by atoms with E-state index >= 15 is 0 Å². The number of nitrogens with zero attached hydrogens (tertiary/aromatic N) is 1. The van der Waals surface area contributed by atoms with E-state index in [9.17, 15) is 9.59 Å². The van der Waals surface area contributed by atoms with Crippen molar-refractivity contribution in [3.05, 3.63) is 16.3 Å². The number of hydrogen-bond acceptors (Lipinski definition) is 6. The first-order valence-electron chi connectivity index (χ1n) is 6.95. The summed E-state index contributed by atoms with van der Waals surface area (Å²) in [6, 6.07) is 1.87. The number of hydrogen-bond donors (Lipinski definition) is 2. The first-order valence-corrected chi connectivity index (χ1v) is 7.82. The van der Waals surface area contributed by atoms with Crippen molar-refractivity contribution >= 4 is 41.3 Å². The molecule has 0 bridgehead atoms. The smallest absolute Gasteiger partial charge is 0.350 e. The fourth-order valence-corrected chi connectivity index (χ4v) is 3.25. The SMILES string of the molecule is COC(=O)c1sccc1NC(=O)CN1CCC(C(C)N)C1.Cl. The number of carbonyl (C=O) groups excluding carboxylic acids is 2. The van der Waals surface area contributed by atoms with E-state index in [1.807, 2.05) is 6.92 Å². The van der Waals surface area contributed by atoms with E-state index in [1.165, 1.54) is 18.4 Å². The van der Waals surface area contributed by atoms with Crippen LogP contribution in [0.1, 0.15) is 23.0 Å². The van der Waals surface area contributed by atoms with E-state index in [-0.39, 0.29) is 24.4 Å². The molecular formula is C14H22ClN3O3S. The standard InChI is InChI=1S/C14H21N3O3S.ClH/c1-9(15)10-3-5-17(7-10)8-12(18)16-11-4-6-21-13(11)14(19)20-2;/h4,6,9-10H,3,5,7-8,15H2,1-2H3,(H,16,18);1H. The molecule has 8 heteroatoms. The van der Waals surface area contributed by atoms with Crippen LogP contribution < -0.4 is 11.1 Å². The number of likely N-dealkylation sites (tertiary alicyclic amines) is 1. The van der Waals surface area contributed by atoms with Crippen molar-refractivity contribution in [1.29, 1.82) is 0 Å². The van der Waals surface area contributed by atoms with Crippen LogP contribution in [0, 0.1) is 5.92 Å². The highest BCUT2D eigenvalue weighted by atomic mass is 35.5. The van der Waals surface area contributed by atoms with Crippen LogP contribution in [-0.2, 0) is 9.53 Å². The highest BCUT2D eigenvalue weighted by molar-refractivity contribution is 7.12. The van der Waals surface area contributed by atoms with Gasteiger partial charge in [-0.1, -0.05) is 0 Å². The zero-order valence-electron chi connectivity index (χ0n) is 12.7. The lowest BCUT2D eigenvalue weighted by atomic mass is 10.0. The van der Waals surface area contributed by atoms with Gasteiger partial charge in [0.25, 0.3) is 0 Å². The summed E-state index contributed by atoms with van der Waals surface area (Å²) in [4.78, 5) is 26.1. The number of rotatable bonds is 5. The molecule has 0 spiro atoms. The van der Waals surface area contributed by atoms with Gasteiger partial charge in [0.15, 0.2) is 0 Å². The lowest BCUT2D eigenvalue weighted by Crippen LogP contribution is -2.34. The maximum atomic E-state index is 12.1. The number of carbonyl (C=O) groups is 2. The molecule has 0 radical (unpaired) electrons. The Morgan fingerprint density at radius 2 is 2.32 bits per heavy atom. The predicted octanol–water partition coefficient (Wildman–Crippen LogP) is 1.56. The molecule has 3 N–H and O–H groups in total. The van der Waals surface area contributed by atoms with Gasteiger partial charge in [0.05, 0.1) is 19.3 Å². The molecule has 1 aromatic rings. The van der Waals surface area contributed by atoms with E-state index in [0.29, 0.717) is 23.0 Å². The Morgan fingerprint density at radius 3 is 2.91 bits per heavy atom. The monoisotopic (exact) mass is 347 g/mol. The third-order valence-corrected chi connectivity index (χ3v) is 4.62. The number of ether oxygens (including phenoxy) is 1. The first-order chi connectivity index (χ1) is 10.0. The summed E-state index contributed by atoms with van der Waals surface area (Å²) in [6.45, 7) is 4.05. The minimum Gasteiger partial charge on any atom is -0.465 e. The zero-order valence-corrected chi connectivity index (χ0v) is 14.3. The van der Waals surface area contributed by atoms with Gasteiger partial charge in [-0.2, -0.15) is 0 Å². The van der Waals surface area contributed by atoms with Crippen molar-refractivity contribution in [2.45, 2.75) is 19.4 Å². The summed E-state index contributed by atoms with van der Waals surface area (Å²) in [5.74, 6) is -0.105. The second kappa shape index (κ2) is 8.47. The predicted molar refractivity (Wildman–Crippen MR) is 89.7 cm³/mol. The summed E-state index contributed by atoms with van der Waals surface area (Å²) < 4.78 is 4.69. The Balaban J connectivity index is 0.00000242. The number of nitrogens with two attached hydrogens (primary N) is 1. The van der Waals surface area contributed by atoms with Crippen LogP contribution in [-0.4, -0.2) is 49.6 Å². The minimum atomic E-state index is -0.432. The highest BCUT2D eigenvalue weighted by Crippen LogP contribution is 2.23. The van der Waals surface area contributed by atoms with Crippen LogP contribution in [0.2, 0.25) is 0 Å². The molecule has 1 saturated heterocycles. The fraction of sp³-hybridized carbons (Fsp3) is 0.571. The zero-order chi connectivity index (χ0) is 15.4. The molecule has 2 rings (SSSR count). The van der Waals surface area contributed by atoms with Crippen molar-refractivity contribution in [2.24, 2.45) is 11.7 Å². The van der Waals surface area contributed by atoms with Gasteiger partial charge in [-0.3, -0.25) is 9.69 Å². The Kier molecular flexibility index (Phi) is 7.28. The summed E-state index contributed by atoms with van der Waals surface area (Å²) in [7, 11) is 1.33. The van der Waals surface area contributed by atoms with Crippen LogP contribution in [0.25, 0.3) is 0 Å². The molecule has 0 aromatic carbocycles. The maximum Gasteiger partial charge on any atom is 0.350 e. The lowest BCUT2D eigenvalue weighted by Gasteiger charge is -2.17. The number of anilines is 1. The molecule has 22 heavy (non-hydrogen) atoms. The Bertz CT molecular complexity index is 521. The van der Waals surface area contributed by atoms with Crippen LogP contribution in [0.15, 0.2) is 11.4 Å². The average Bonchev–Trinajstić information content (AvgIpc) is 3.07. The molecule has 0 saturated carbocycles. The maximum absolute atomic E-state index is 12.1. The Morgan fingerprint density at radius 1 is 1.59 bits per heavy atom. The normalized spacial score (nSPS) is 19.3. The number of nitrogens with one attached hydrogen (secondary N) is 1. The van der Waals surface area contributed by atoms with Gasteiger partial charge in [0, 0.05) is 12.6 Å². The van der Waals surface area contributed by atoms with E-state index in [0.717, 1.165) is 19.5 Å². The van der Waals surface area contributed by atoms with E-state index in [2.05, 4.69) is 15.0 Å². The molecule has 1 aromatic heterocycles. The molecule has 1 aliphatic rings. The van der Waals surface area contributed by atoms with Gasteiger partial charge in [0.1, 0.15) is 4.88 Å². The topological polar surface area (TPSA) is 84.7 Å². The van der Waals surface area contributed by atoms with Crippen molar-refractivity contribution in [2.75, 3.05) is 32.1 Å². The van der Waals surface area contributed by atoms with Gasteiger partial charge >= 0.3 is 5.97 Å². The Hall–Kier alpha value is -1.15. The molecular weight excluding hydrogens is 326 g/mol. The average molecular weight is 348 g/mol. The van der Waals surface area contributed by atoms with Crippen molar-refractivity contribution < 1.29 is 14.3 Å². The molecule has 124 valence electrons. The van der Waals surface area contributed by atoms with Crippen molar-refractivity contribution in [1.82, 2.24) is 4.90 Å². The highest BCUT2D eigenvalue weighted by Gasteiger charge is 2.26. The van der Waals surface area contributed by atoms with E-state index in [1.54, 1.807) is 11.4 Å². The molecule has 2 heterocycles. The van der Waals surface area contributed by atoms with Gasteiger partial charge < -0.3 is 15.8 Å². The molecule has 1 amide bonds. The summed E-state index contributed by atoms with van der Waals surface area (Å²) in [5, 5.41) is 4.53. The number of esters is 1. The number of amides is 1. The van der Waals surface area contributed by atoms with Crippen molar-refractivity contribution in [3.63, 3.8) is 0 Å². The summed E-state index contributed by atoms with van der Waals surface area (Å²) >= 11 is 1.25. The minimum absolute atomic E-state index is 0. The fourth-order valence-electron chi connectivity index (χ4n) is 2.49. The van der Waals surface area contributed by atoms with Gasteiger partial charge in [-0.15, -0.1) is 23.7 Å².